The molecule has 10 amide bonds. The van der Waals surface area contributed by atoms with Crippen molar-refractivity contribution in [1.82, 2.24) is 52.3 Å². The van der Waals surface area contributed by atoms with Gasteiger partial charge in [-0.25, -0.2) is 0 Å². The average Bonchev–Trinajstić information content (AvgIpc) is 2.03. The molecule has 5 rings (SSSR count). The molecular weight excluding hydrogens is 1140 g/mol. The maximum atomic E-state index is 15.0. The zero-order chi connectivity index (χ0) is 64.7. The summed E-state index contributed by atoms with van der Waals surface area (Å²) < 4.78 is 0. The molecule has 0 aliphatic carbocycles. The third-order valence-corrected chi connectivity index (χ3v) is 17.0. The lowest BCUT2D eigenvalue weighted by Gasteiger charge is -2.32. The molecule has 3 fully saturated rings. The Balaban J connectivity index is 1.59. The van der Waals surface area contributed by atoms with Crippen molar-refractivity contribution >= 4 is 59.1 Å². The summed E-state index contributed by atoms with van der Waals surface area (Å²) in [6.07, 6.45) is 10.6. The SMILES string of the molecule is CCCCCCCCCC[C@@H]1NC(=O)[C@H](CCCN)NC(=O)[C@@H]2CCCN2C(=O)[C@@H](Cc2ccccc2)NC(=O)[C@H](CCCN)NC(=O)[C@H](C(C)C)NC(=O)[C@H](CCCN)NC(=O)[C@@H]2CCCN2C(=O)[C@@H](Cc2ccccc2)NC(=O)[C@H](CCCN)NC1=O. The molecule has 3 saturated heterocycles. The molecule has 0 bridgehead atoms. The van der Waals surface area contributed by atoms with E-state index in [1.165, 1.54) is 9.80 Å². The maximum absolute atomic E-state index is 15.0. The van der Waals surface area contributed by atoms with Gasteiger partial charge in [-0.3, -0.25) is 47.9 Å². The highest BCUT2D eigenvalue weighted by Crippen LogP contribution is 2.24. The molecule has 494 valence electrons. The van der Waals surface area contributed by atoms with Crippen LogP contribution < -0.4 is 65.5 Å². The van der Waals surface area contributed by atoms with Crippen molar-refractivity contribution in [1.29, 1.82) is 0 Å². The van der Waals surface area contributed by atoms with E-state index in [0.717, 1.165) is 44.9 Å². The van der Waals surface area contributed by atoms with Gasteiger partial charge in [0, 0.05) is 25.9 Å². The van der Waals surface area contributed by atoms with Gasteiger partial charge < -0.3 is 75.3 Å². The number of amides is 10. The fourth-order valence-corrected chi connectivity index (χ4v) is 11.9. The number of rotatable bonds is 26. The van der Waals surface area contributed by atoms with Gasteiger partial charge in [-0.05, 0) is 127 Å². The number of fused-ring (bicyclic) bond motifs is 2. The molecule has 0 radical (unpaired) electrons. The first kappa shape index (κ1) is 72.7. The largest absolute Gasteiger partial charge is 0.343 e. The number of hydrogen-bond donors (Lipinski definition) is 12. The predicted octanol–water partition coefficient (Wildman–Crippen LogP) is 1.49. The third-order valence-electron chi connectivity index (χ3n) is 17.0. The fraction of sp³-hybridized carbons (Fsp3) is 0.662. The van der Waals surface area contributed by atoms with Gasteiger partial charge in [-0.1, -0.05) is 133 Å². The lowest BCUT2D eigenvalue weighted by molar-refractivity contribution is -0.143. The zero-order valence-electron chi connectivity index (χ0n) is 52.9. The summed E-state index contributed by atoms with van der Waals surface area (Å²) in [6.45, 7) is 6.51. The first-order valence-corrected chi connectivity index (χ1v) is 32.9. The molecule has 2 aromatic rings. The summed E-state index contributed by atoms with van der Waals surface area (Å²) >= 11 is 0. The molecule has 24 nitrogen and oxygen atoms in total. The highest BCUT2D eigenvalue weighted by atomic mass is 16.2. The molecule has 3 heterocycles. The van der Waals surface area contributed by atoms with Crippen LogP contribution in [-0.2, 0) is 60.8 Å². The Labute approximate surface area is 526 Å². The highest BCUT2D eigenvalue weighted by molar-refractivity contribution is 6.00. The van der Waals surface area contributed by atoms with E-state index in [1.54, 1.807) is 62.4 Å². The van der Waals surface area contributed by atoms with Crippen molar-refractivity contribution in [2.24, 2.45) is 28.9 Å². The second-order valence-corrected chi connectivity index (χ2v) is 24.4. The van der Waals surface area contributed by atoms with Crippen molar-refractivity contribution in [3.05, 3.63) is 71.8 Å². The van der Waals surface area contributed by atoms with E-state index in [-0.39, 0.29) is 103 Å². The Morgan fingerprint density at radius 2 is 0.685 bits per heavy atom. The van der Waals surface area contributed by atoms with Crippen molar-refractivity contribution in [3.8, 4) is 0 Å². The van der Waals surface area contributed by atoms with E-state index in [1.807, 2.05) is 12.1 Å². The van der Waals surface area contributed by atoms with Gasteiger partial charge in [0.1, 0.15) is 60.4 Å². The summed E-state index contributed by atoms with van der Waals surface area (Å²) in [4.78, 5) is 150. The molecular formula is C65H104N14O10. The van der Waals surface area contributed by atoms with E-state index in [0.29, 0.717) is 49.7 Å². The van der Waals surface area contributed by atoms with Gasteiger partial charge in [0.05, 0.1) is 0 Å². The molecule has 0 spiro atoms. The molecule has 0 saturated carbocycles. The number of hydrogen-bond acceptors (Lipinski definition) is 14. The number of nitrogens with zero attached hydrogens (tertiary/aromatic N) is 2. The Morgan fingerprint density at radius 1 is 0.382 bits per heavy atom. The molecule has 89 heavy (non-hydrogen) atoms. The van der Waals surface area contributed by atoms with Crippen LogP contribution in [0.15, 0.2) is 60.7 Å². The minimum absolute atomic E-state index is 0.00796. The molecule has 0 unspecified atom stereocenters. The second-order valence-electron chi connectivity index (χ2n) is 24.4. The number of benzene rings is 2. The lowest BCUT2D eigenvalue weighted by Crippen LogP contribution is -2.62. The summed E-state index contributed by atoms with van der Waals surface area (Å²) in [5.41, 5.74) is 25.3. The van der Waals surface area contributed by atoms with Gasteiger partial charge in [0.2, 0.25) is 59.1 Å². The summed E-state index contributed by atoms with van der Waals surface area (Å²) in [7, 11) is 0. The van der Waals surface area contributed by atoms with Gasteiger partial charge in [-0.2, -0.15) is 0 Å². The Kier molecular flexibility index (Phi) is 32.0. The molecule has 0 aromatic heterocycles. The van der Waals surface area contributed by atoms with E-state index < -0.39 is 125 Å². The molecule has 2 aromatic carbocycles. The zero-order valence-corrected chi connectivity index (χ0v) is 52.9. The Morgan fingerprint density at radius 3 is 1.03 bits per heavy atom. The monoisotopic (exact) mass is 1240 g/mol. The molecule has 24 heteroatoms. The number of carbonyl (C=O) groups excluding carboxylic acids is 10. The van der Waals surface area contributed by atoms with Crippen LogP contribution in [0.5, 0.6) is 0 Å². The van der Waals surface area contributed by atoms with Gasteiger partial charge >= 0.3 is 0 Å². The fourth-order valence-electron chi connectivity index (χ4n) is 11.9. The second kappa shape index (κ2) is 39.2. The van der Waals surface area contributed by atoms with Gasteiger partial charge in [-0.15, -0.1) is 0 Å². The van der Waals surface area contributed by atoms with E-state index in [9.17, 15) is 38.4 Å². The van der Waals surface area contributed by atoms with Crippen LogP contribution in [0.25, 0.3) is 0 Å². The van der Waals surface area contributed by atoms with Crippen LogP contribution in [0, 0.1) is 5.92 Å². The molecule has 3 aliphatic rings. The first-order chi connectivity index (χ1) is 42.9. The van der Waals surface area contributed by atoms with Crippen molar-refractivity contribution < 1.29 is 47.9 Å². The highest BCUT2D eigenvalue weighted by Gasteiger charge is 2.43. The van der Waals surface area contributed by atoms with Gasteiger partial charge in [0.15, 0.2) is 0 Å². The standard InChI is InChI=1S/C65H104N14O10/c1-4-5-6-7-8-9-10-17-28-46-56(80)71-47(29-18-35-66)58(82)75-51(41-44-24-13-11-14-25-44)64(88)79-40-23-34-54(79)62(86)73-50(32-21-38-69)60(84)77-55(43(2)3)63(87)74-49(31-20-37-68)59(83)76-52(42-45-26-15-12-16-27-45)65(89)78-39-22-33-53(78)61(85)72-48(30-19-36-67)57(81)70-46/h11-16,24-27,43,46-55H,4-10,17-23,28-42,66-69H2,1-3H3,(H,70,81)(H,71,80)(H,72,85)(H,73,86)(H,74,87)(H,75,82)(H,76,83)(H,77,84)/t46-,47-,48-,49-,50-,51+,52+,53-,54-,55-/m0/s1. The number of carbonyl (C=O) groups is 10. The van der Waals surface area contributed by atoms with Crippen LogP contribution in [0.2, 0.25) is 0 Å². The molecule has 10 atom stereocenters. The van der Waals surface area contributed by atoms with Crippen LogP contribution in [-0.4, -0.2) is 169 Å². The van der Waals surface area contributed by atoms with Crippen LogP contribution in [0.3, 0.4) is 0 Å². The van der Waals surface area contributed by atoms with Crippen LogP contribution in [0.4, 0.5) is 0 Å². The van der Waals surface area contributed by atoms with E-state index in [2.05, 4.69) is 49.5 Å². The Hall–Kier alpha value is -7.02. The topological polar surface area (TPSA) is 377 Å². The number of unbranched alkanes of at least 4 members (excludes halogenated alkanes) is 7. The average molecular weight is 1240 g/mol. The van der Waals surface area contributed by atoms with Crippen molar-refractivity contribution in [3.63, 3.8) is 0 Å². The lowest BCUT2D eigenvalue weighted by atomic mass is 10.00. The van der Waals surface area contributed by atoms with Crippen LogP contribution in [0.1, 0.15) is 167 Å². The minimum atomic E-state index is -1.25. The predicted molar refractivity (Wildman–Crippen MR) is 340 cm³/mol. The van der Waals surface area contributed by atoms with E-state index >= 15 is 9.59 Å². The summed E-state index contributed by atoms with van der Waals surface area (Å²) in [6, 6.07) is 6.04. The summed E-state index contributed by atoms with van der Waals surface area (Å²) in [5.74, 6) is -7.12. The number of nitrogens with two attached hydrogens (primary N) is 4. The van der Waals surface area contributed by atoms with Crippen molar-refractivity contribution in [2.75, 3.05) is 39.3 Å². The summed E-state index contributed by atoms with van der Waals surface area (Å²) in [5, 5.41) is 23.0. The van der Waals surface area contributed by atoms with E-state index in [4.69, 9.17) is 22.9 Å². The molecule has 3 aliphatic heterocycles. The van der Waals surface area contributed by atoms with Crippen molar-refractivity contribution in [2.45, 2.75) is 229 Å². The van der Waals surface area contributed by atoms with Crippen LogP contribution >= 0.6 is 0 Å². The minimum Gasteiger partial charge on any atom is -0.343 e. The molecule has 16 N–H and O–H groups in total. The smallest absolute Gasteiger partial charge is 0.246 e. The maximum Gasteiger partial charge on any atom is 0.246 e. The third kappa shape index (κ3) is 23.4. The normalized spacial score (nSPS) is 25.2. The Bertz CT molecular complexity index is 2580. The first-order valence-electron chi connectivity index (χ1n) is 32.9. The van der Waals surface area contributed by atoms with Gasteiger partial charge in [0.25, 0.3) is 0 Å². The number of nitrogens with one attached hydrogen (secondary N) is 8. The quantitative estimate of drug-likeness (QED) is 0.0594.